The summed E-state index contributed by atoms with van der Waals surface area (Å²) >= 11 is 0. The van der Waals surface area contributed by atoms with Crippen molar-refractivity contribution in [2.75, 3.05) is 20.1 Å². The van der Waals surface area contributed by atoms with Crippen molar-refractivity contribution in [3.63, 3.8) is 0 Å². The maximum atomic E-state index is 10.9. The molecule has 2 rings (SSSR count). The molecule has 1 saturated heterocycles. The molecule has 3 N–H and O–H groups in total. The highest BCUT2D eigenvalue weighted by atomic mass is 16.4. The Balaban J connectivity index is 0.000000816. The molecule has 0 saturated carbocycles. The molecule has 0 bridgehead atoms. The summed E-state index contributed by atoms with van der Waals surface area (Å²) in [4.78, 5) is 21.6. The van der Waals surface area contributed by atoms with Gasteiger partial charge < -0.3 is 20.4 Å². The number of carbonyl (C=O) groups is 2. The van der Waals surface area contributed by atoms with Crippen molar-refractivity contribution in [2.24, 2.45) is 11.8 Å². The van der Waals surface area contributed by atoms with E-state index in [9.17, 15) is 4.79 Å². The van der Waals surface area contributed by atoms with Crippen molar-refractivity contribution in [3.05, 3.63) is 18.0 Å². The van der Waals surface area contributed by atoms with Gasteiger partial charge in [0.25, 0.3) is 6.47 Å². The minimum atomic E-state index is -0.992. The van der Waals surface area contributed by atoms with E-state index in [2.05, 4.69) is 22.4 Å². The first-order valence-electron chi connectivity index (χ1n) is 7.65. The molecule has 0 aromatic carbocycles. The van der Waals surface area contributed by atoms with Crippen LogP contribution in [0.2, 0.25) is 0 Å². The van der Waals surface area contributed by atoms with Gasteiger partial charge in [0.1, 0.15) is 0 Å². The average molecular weight is 326 g/mol. The molecule has 0 aliphatic carbocycles. The Morgan fingerprint density at radius 3 is 2.70 bits per heavy atom. The number of likely N-dealkylation sites (tertiary alicyclic amines) is 1. The lowest BCUT2D eigenvalue weighted by Gasteiger charge is -2.19. The standard InChI is InChI=1S/C14H24N4O2.CH2O2/c1-10(2)13(16-14(19)20)12-6-15-18(9-12)8-11-4-5-17(3)7-11;2-1-3/h6,9-11,13,16H,4-5,7-8H2,1-3H3,(H,19,20);1H,(H,2,3)/t11-,13-;/m0./s1. The van der Waals surface area contributed by atoms with Gasteiger partial charge in [-0.1, -0.05) is 13.8 Å². The summed E-state index contributed by atoms with van der Waals surface area (Å²) in [6.45, 7) is 6.92. The summed E-state index contributed by atoms with van der Waals surface area (Å²) in [6.07, 6.45) is 3.96. The van der Waals surface area contributed by atoms with Crippen LogP contribution in [0.25, 0.3) is 0 Å². The first-order valence-corrected chi connectivity index (χ1v) is 7.65. The smallest absolute Gasteiger partial charge is 0.405 e. The molecule has 8 heteroatoms. The van der Waals surface area contributed by atoms with Crippen LogP contribution in [0.4, 0.5) is 4.79 Å². The Kier molecular flexibility index (Phi) is 7.53. The van der Waals surface area contributed by atoms with Gasteiger partial charge in [0.15, 0.2) is 0 Å². The van der Waals surface area contributed by atoms with Crippen molar-refractivity contribution in [2.45, 2.75) is 32.9 Å². The van der Waals surface area contributed by atoms with Gasteiger partial charge in [-0.25, -0.2) is 4.79 Å². The van der Waals surface area contributed by atoms with Crippen LogP contribution in [-0.4, -0.2) is 57.6 Å². The zero-order valence-electron chi connectivity index (χ0n) is 13.8. The second-order valence-corrected chi connectivity index (χ2v) is 6.19. The highest BCUT2D eigenvalue weighted by molar-refractivity contribution is 5.65. The Bertz CT molecular complexity index is 503. The molecule has 1 amide bonds. The van der Waals surface area contributed by atoms with Crippen LogP contribution in [0.5, 0.6) is 0 Å². The SMILES string of the molecule is CC(C)[C@H](NC(=O)O)c1cnn(C[C@H]2CCN(C)C2)c1.O=CO. The lowest BCUT2D eigenvalue weighted by atomic mass is 9.99. The fourth-order valence-corrected chi connectivity index (χ4v) is 2.85. The van der Waals surface area contributed by atoms with Gasteiger partial charge in [-0.2, -0.15) is 5.10 Å². The predicted octanol–water partition coefficient (Wildman–Crippen LogP) is 1.50. The first kappa shape index (κ1) is 19.0. The largest absolute Gasteiger partial charge is 0.483 e. The number of nitrogens with one attached hydrogen (secondary N) is 1. The van der Waals surface area contributed by atoms with Gasteiger partial charge in [0, 0.05) is 24.8 Å². The molecule has 0 spiro atoms. The number of hydrogen-bond donors (Lipinski definition) is 3. The van der Waals surface area contributed by atoms with E-state index in [1.807, 2.05) is 24.7 Å². The highest BCUT2D eigenvalue weighted by Crippen LogP contribution is 2.22. The number of nitrogens with zero attached hydrogens (tertiary/aromatic N) is 3. The summed E-state index contributed by atoms with van der Waals surface area (Å²) in [5.41, 5.74) is 0.939. The topological polar surface area (TPSA) is 108 Å². The molecule has 0 unspecified atom stereocenters. The number of aromatic nitrogens is 2. The van der Waals surface area contributed by atoms with Gasteiger partial charge in [-0.05, 0) is 31.8 Å². The minimum absolute atomic E-state index is 0.196. The van der Waals surface area contributed by atoms with Gasteiger partial charge in [0.2, 0.25) is 0 Å². The molecule has 1 aliphatic heterocycles. The van der Waals surface area contributed by atoms with Crippen LogP contribution in [0.3, 0.4) is 0 Å². The normalized spacial score (nSPS) is 19.0. The van der Waals surface area contributed by atoms with Crippen molar-refractivity contribution in [1.82, 2.24) is 20.0 Å². The summed E-state index contributed by atoms with van der Waals surface area (Å²) in [7, 11) is 2.14. The molecule has 2 heterocycles. The maximum absolute atomic E-state index is 10.9. The predicted molar refractivity (Wildman–Crippen MR) is 85.3 cm³/mol. The fourth-order valence-electron chi connectivity index (χ4n) is 2.85. The van der Waals surface area contributed by atoms with E-state index >= 15 is 0 Å². The van der Waals surface area contributed by atoms with Gasteiger partial charge in [-0.15, -0.1) is 0 Å². The monoisotopic (exact) mass is 326 g/mol. The number of amides is 1. The number of rotatable bonds is 5. The van der Waals surface area contributed by atoms with E-state index in [0.29, 0.717) is 5.92 Å². The number of carboxylic acid groups (broad SMARTS) is 2. The average Bonchev–Trinajstić information content (AvgIpc) is 3.06. The van der Waals surface area contributed by atoms with Crippen LogP contribution in [0.15, 0.2) is 12.4 Å². The van der Waals surface area contributed by atoms with Crippen LogP contribution in [0, 0.1) is 11.8 Å². The zero-order valence-corrected chi connectivity index (χ0v) is 13.8. The molecule has 130 valence electrons. The van der Waals surface area contributed by atoms with E-state index in [-0.39, 0.29) is 18.4 Å². The van der Waals surface area contributed by atoms with E-state index in [1.54, 1.807) is 6.20 Å². The molecule has 1 aromatic rings. The van der Waals surface area contributed by atoms with Crippen LogP contribution >= 0.6 is 0 Å². The van der Waals surface area contributed by atoms with E-state index in [1.165, 1.54) is 6.42 Å². The molecular weight excluding hydrogens is 300 g/mol. The van der Waals surface area contributed by atoms with Crippen molar-refractivity contribution < 1.29 is 19.8 Å². The second kappa shape index (κ2) is 9.14. The molecular formula is C15H26N4O4. The van der Waals surface area contributed by atoms with Gasteiger partial charge in [0.05, 0.1) is 12.2 Å². The molecule has 1 fully saturated rings. The third kappa shape index (κ3) is 6.27. The molecule has 2 atom stereocenters. The van der Waals surface area contributed by atoms with Crippen molar-refractivity contribution in [3.8, 4) is 0 Å². The van der Waals surface area contributed by atoms with Crippen LogP contribution < -0.4 is 5.32 Å². The van der Waals surface area contributed by atoms with Crippen molar-refractivity contribution in [1.29, 1.82) is 0 Å². The molecule has 8 nitrogen and oxygen atoms in total. The fraction of sp³-hybridized carbons (Fsp3) is 0.667. The Morgan fingerprint density at radius 2 is 2.22 bits per heavy atom. The van der Waals surface area contributed by atoms with Crippen molar-refractivity contribution >= 4 is 12.6 Å². The number of hydrogen-bond acceptors (Lipinski definition) is 4. The molecule has 0 radical (unpaired) electrons. The Morgan fingerprint density at radius 1 is 1.57 bits per heavy atom. The van der Waals surface area contributed by atoms with E-state index in [0.717, 1.165) is 25.2 Å². The molecule has 1 aliphatic rings. The minimum Gasteiger partial charge on any atom is -0.483 e. The van der Waals surface area contributed by atoms with E-state index in [4.69, 9.17) is 15.0 Å². The van der Waals surface area contributed by atoms with Gasteiger partial charge in [-0.3, -0.25) is 9.48 Å². The van der Waals surface area contributed by atoms with Crippen LogP contribution in [-0.2, 0) is 11.3 Å². The summed E-state index contributed by atoms with van der Waals surface area (Å²) in [5.74, 6) is 0.832. The second-order valence-electron chi connectivity index (χ2n) is 6.19. The summed E-state index contributed by atoms with van der Waals surface area (Å²) < 4.78 is 1.94. The first-order chi connectivity index (χ1) is 10.9. The summed E-state index contributed by atoms with van der Waals surface area (Å²) in [6, 6.07) is -0.201. The van der Waals surface area contributed by atoms with Crippen LogP contribution in [0.1, 0.15) is 31.9 Å². The highest BCUT2D eigenvalue weighted by Gasteiger charge is 2.22. The van der Waals surface area contributed by atoms with Gasteiger partial charge >= 0.3 is 6.09 Å². The Labute approximate surface area is 136 Å². The van der Waals surface area contributed by atoms with E-state index < -0.39 is 6.09 Å². The lowest BCUT2D eigenvalue weighted by molar-refractivity contribution is -0.122. The quantitative estimate of drug-likeness (QED) is 0.708. The molecule has 23 heavy (non-hydrogen) atoms. The third-order valence-electron chi connectivity index (χ3n) is 3.89. The maximum Gasteiger partial charge on any atom is 0.405 e. The third-order valence-corrected chi connectivity index (χ3v) is 3.89. The summed E-state index contributed by atoms with van der Waals surface area (Å²) in [5, 5.41) is 22.8. The molecule has 1 aromatic heterocycles. The lowest BCUT2D eigenvalue weighted by Crippen LogP contribution is -2.30. The zero-order chi connectivity index (χ0) is 17.4. The Hall–Kier alpha value is -2.09.